The molecule has 2 aromatic heterocycles. The van der Waals surface area contributed by atoms with Crippen LogP contribution in [0.3, 0.4) is 0 Å². The van der Waals surface area contributed by atoms with Gasteiger partial charge >= 0.3 is 0 Å². The summed E-state index contributed by atoms with van der Waals surface area (Å²) in [7, 11) is 0. The number of thiophene rings is 1. The SMILES string of the molecule is Cc1nc(-c2cccs2)sc1C(C)CCN. The topological polar surface area (TPSA) is 38.9 Å². The number of aromatic nitrogens is 1. The van der Waals surface area contributed by atoms with Crippen LogP contribution in [0.5, 0.6) is 0 Å². The van der Waals surface area contributed by atoms with Crippen LogP contribution in [-0.2, 0) is 0 Å². The molecule has 86 valence electrons. The number of nitrogens with two attached hydrogens (primary N) is 1. The summed E-state index contributed by atoms with van der Waals surface area (Å²) < 4.78 is 0. The molecule has 2 rings (SSSR count). The Kier molecular flexibility index (Phi) is 3.74. The maximum absolute atomic E-state index is 5.60. The van der Waals surface area contributed by atoms with E-state index in [0.29, 0.717) is 5.92 Å². The minimum atomic E-state index is 0.524. The fraction of sp³-hybridized carbons (Fsp3) is 0.417. The van der Waals surface area contributed by atoms with Gasteiger partial charge in [-0.1, -0.05) is 13.0 Å². The van der Waals surface area contributed by atoms with Crippen molar-refractivity contribution in [2.45, 2.75) is 26.2 Å². The molecule has 2 heterocycles. The van der Waals surface area contributed by atoms with E-state index in [1.165, 1.54) is 9.75 Å². The summed E-state index contributed by atoms with van der Waals surface area (Å²) in [5, 5.41) is 3.24. The van der Waals surface area contributed by atoms with Crippen LogP contribution in [0.1, 0.15) is 29.8 Å². The molecule has 0 fully saturated rings. The zero-order valence-electron chi connectivity index (χ0n) is 9.56. The highest BCUT2D eigenvalue weighted by molar-refractivity contribution is 7.21. The Labute approximate surface area is 104 Å². The molecule has 0 aliphatic heterocycles. The Hall–Kier alpha value is -0.710. The number of thiazole rings is 1. The summed E-state index contributed by atoms with van der Waals surface area (Å²) in [6.45, 7) is 5.06. The van der Waals surface area contributed by atoms with Gasteiger partial charge in [0.1, 0.15) is 5.01 Å². The van der Waals surface area contributed by atoms with E-state index in [2.05, 4.69) is 36.3 Å². The first kappa shape index (κ1) is 11.8. The van der Waals surface area contributed by atoms with E-state index in [1.807, 2.05) is 11.3 Å². The van der Waals surface area contributed by atoms with Gasteiger partial charge in [-0.25, -0.2) is 4.98 Å². The molecule has 1 atom stereocenters. The second-order valence-corrected chi connectivity index (χ2v) is 5.90. The van der Waals surface area contributed by atoms with Crippen molar-refractivity contribution in [2.24, 2.45) is 5.73 Å². The highest BCUT2D eigenvalue weighted by atomic mass is 32.1. The number of nitrogens with zero attached hydrogens (tertiary/aromatic N) is 1. The maximum atomic E-state index is 5.60. The van der Waals surface area contributed by atoms with Crippen molar-refractivity contribution < 1.29 is 0 Å². The van der Waals surface area contributed by atoms with Crippen LogP contribution >= 0.6 is 22.7 Å². The molecule has 1 unspecified atom stereocenters. The molecule has 0 bridgehead atoms. The van der Waals surface area contributed by atoms with Gasteiger partial charge in [0, 0.05) is 4.88 Å². The smallest absolute Gasteiger partial charge is 0.133 e. The van der Waals surface area contributed by atoms with E-state index >= 15 is 0 Å². The van der Waals surface area contributed by atoms with Crippen LogP contribution in [0.15, 0.2) is 17.5 Å². The largest absolute Gasteiger partial charge is 0.330 e. The molecular formula is C12H16N2S2. The molecule has 0 aliphatic rings. The van der Waals surface area contributed by atoms with Crippen molar-refractivity contribution in [3.05, 3.63) is 28.1 Å². The molecule has 0 aromatic carbocycles. The average molecular weight is 252 g/mol. The van der Waals surface area contributed by atoms with Gasteiger partial charge in [0.25, 0.3) is 0 Å². The number of aryl methyl sites for hydroxylation is 1. The van der Waals surface area contributed by atoms with E-state index < -0.39 is 0 Å². The van der Waals surface area contributed by atoms with Crippen LogP contribution in [0, 0.1) is 6.92 Å². The molecule has 0 aliphatic carbocycles. The quantitative estimate of drug-likeness (QED) is 0.902. The second-order valence-electron chi connectivity index (χ2n) is 3.92. The van der Waals surface area contributed by atoms with Gasteiger partial charge in [0.15, 0.2) is 0 Å². The summed E-state index contributed by atoms with van der Waals surface area (Å²) in [5.74, 6) is 0.524. The van der Waals surface area contributed by atoms with Crippen molar-refractivity contribution in [3.63, 3.8) is 0 Å². The van der Waals surface area contributed by atoms with Crippen LogP contribution < -0.4 is 5.73 Å². The van der Waals surface area contributed by atoms with Crippen molar-refractivity contribution in [3.8, 4) is 9.88 Å². The Balaban J connectivity index is 2.28. The first-order valence-corrected chi connectivity index (χ1v) is 7.13. The molecule has 16 heavy (non-hydrogen) atoms. The summed E-state index contributed by atoms with van der Waals surface area (Å²) in [4.78, 5) is 7.29. The predicted molar refractivity (Wildman–Crippen MR) is 72.3 cm³/mol. The van der Waals surface area contributed by atoms with Gasteiger partial charge in [-0.05, 0) is 37.3 Å². The van der Waals surface area contributed by atoms with Gasteiger partial charge in [0.05, 0.1) is 10.6 Å². The van der Waals surface area contributed by atoms with Crippen molar-refractivity contribution in [1.82, 2.24) is 4.98 Å². The monoisotopic (exact) mass is 252 g/mol. The molecule has 2 nitrogen and oxygen atoms in total. The number of hydrogen-bond acceptors (Lipinski definition) is 4. The lowest BCUT2D eigenvalue weighted by molar-refractivity contribution is 0.696. The molecule has 0 saturated heterocycles. The highest BCUT2D eigenvalue weighted by Gasteiger charge is 2.14. The first-order chi connectivity index (χ1) is 7.72. The lowest BCUT2D eigenvalue weighted by Gasteiger charge is -2.07. The van der Waals surface area contributed by atoms with E-state index in [1.54, 1.807) is 11.3 Å². The van der Waals surface area contributed by atoms with Gasteiger partial charge in [-0.15, -0.1) is 22.7 Å². The first-order valence-electron chi connectivity index (χ1n) is 5.43. The molecule has 0 amide bonds. The number of rotatable bonds is 4. The maximum Gasteiger partial charge on any atom is 0.133 e. The summed E-state index contributed by atoms with van der Waals surface area (Å²) in [6, 6.07) is 4.19. The zero-order valence-corrected chi connectivity index (χ0v) is 11.2. The predicted octanol–water partition coefficient (Wildman–Crippen LogP) is 3.63. The normalized spacial score (nSPS) is 12.9. The molecule has 2 N–H and O–H groups in total. The van der Waals surface area contributed by atoms with Crippen molar-refractivity contribution in [1.29, 1.82) is 0 Å². The lowest BCUT2D eigenvalue weighted by Crippen LogP contribution is -2.04. The zero-order chi connectivity index (χ0) is 11.5. The lowest BCUT2D eigenvalue weighted by atomic mass is 10.1. The van der Waals surface area contributed by atoms with E-state index in [4.69, 9.17) is 5.73 Å². The third-order valence-corrected chi connectivity index (χ3v) is 5.04. The van der Waals surface area contributed by atoms with E-state index in [9.17, 15) is 0 Å². The van der Waals surface area contributed by atoms with Gasteiger partial charge < -0.3 is 5.73 Å². The fourth-order valence-electron chi connectivity index (χ4n) is 1.75. The van der Waals surface area contributed by atoms with E-state index in [0.717, 1.165) is 23.7 Å². The van der Waals surface area contributed by atoms with Crippen LogP contribution in [-0.4, -0.2) is 11.5 Å². The summed E-state index contributed by atoms with van der Waals surface area (Å²) in [5.41, 5.74) is 6.77. The van der Waals surface area contributed by atoms with Gasteiger partial charge in [-0.3, -0.25) is 0 Å². The summed E-state index contributed by atoms with van der Waals surface area (Å²) in [6.07, 6.45) is 1.03. The van der Waals surface area contributed by atoms with Crippen LogP contribution in [0.4, 0.5) is 0 Å². The van der Waals surface area contributed by atoms with Gasteiger partial charge in [0.2, 0.25) is 0 Å². The Bertz CT molecular complexity index is 446. The third kappa shape index (κ3) is 2.34. The molecule has 0 saturated carbocycles. The van der Waals surface area contributed by atoms with Crippen molar-refractivity contribution >= 4 is 22.7 Å². The highest BCUT2D eigenvalue weighted by Crippen LogP contribution is 2.35. The standard InChI is InChI=1S/C12H16N2S2/c1-8(5-6-13)11-9(2)14-12(16-11)10-4-3-7-15-10/h3-4,7-8H,5-6,13H2,1-2H3. The molecular weight excluding hydrogens is 236 g/mol. The average Bonchev–Trinajstić information content (AvgIpc) is 2.86. The minimum absolute atomic E-state index is 0.524. The minimum Gasteiger partial charge on any atom is -0.330 e. The molecule has 2 aromatic rings. The van der Waals surface area contributed by atoms with Crippen LogP contribution in [0.2, 0.25) is 0 Å². The molecule has 4 heteroatoms. The Morgan fingerprint density at radius 2 is 2.31 bits per heavy atom. The van der Waals surface area contributed by atoms with Crippen molar-refractivity contribution in [2.75, 3.05) is 6.54 Å². The second kappa shape index (κ2) is 5.08. The third-order valence-electron chi connectivity index (χ3n) is 2.61. The number of hydrogen-bond donors (Lipinski definition) is 1. The van der Waals surface area contributed by atoms with Gasteiger partial charge in [-0.2, -0.15) is 0 Å². The summed E-state index contributed by atoms with van der Waals surface area (Å²) >= 11 is 3.56. The molecule has 0 radical (unpaired) electrons. The fourth-order valence-corrected chi connectivity index (χ4v) is 3.70. The Morgan fingerprint density at radius 1 is 1.50 bits per heavy atom. The van der Waals surface area contributed by atoms with E-state index in [-0.39, 0.29) is 0 Å². The molecule has 0 spiro atoms. The Morgan fingerprint density at radius 3 is 2.94 bits per heavy atom. The van der Waals surface area contributed by atoms with Crippen LogP contribution in [0.25, 0.3) is 9.88 Å².